The van der Waals surface area contributed by atoms with Crippen LogP contribution in [0.2, 0.25) is 0 Å². The van der Waals surface area contributed by atoms with Gasteiger partial charge < -0.3 is 0 Å². The fourth-order valence-corrected chi connectivity index (χ4v) is 4.26. The Hall–Kier alpha value is -2.85. The molecule has 0 N–H and O–H groups in total. The van der Waals surface area contributed by atoms with E-state index in [1.807, 2.05) is 28.5 Å². The van der Waals surface area contributed by atoms with E-state index in [1.165, 1.54) is 16.7 Å². The van der Waals surface area contributed by atoms with Crippen LogP contribution in [-0.2, 0) is 4.75 Å². The van der Waals surface area contributed by atoms with Crippen LogP contribution >= 0.6 is 11.9 Å². The third kappa shape index (κ3) is 2.96. The predicted molar refractivity (Wildman–Crippen MR) is 102 cm³/mol. The van der Waals surface area contributed by atoms with Gasteiger partial charge in [-0.3, -0.25) is 0 Å². The highest BCUT2D eigenvalue weighted by molar-refractivity contribution is 7.99. The van der Waals surface area contributed by atoms with E-state index >= 15 is 0 Å². The smallest absolute Gasteiger partial charge is 0.113 e. The van der Waals surface area contributed by atoms with Gasteiger partial charge in [-0.2, -0.15) is 4.09 Å². The third-order valence-electron chi connectivity index (χ3n) is 4.17. The van der Waals surface area contributed by atoms with Gasteiger partial charge in [0.2, 0.25) is 0 Å². The summed E-state index contributed by atoms with van der Waals surface area (Å²) in [6, 6.07) is 31.6. The zero-order valence-corrected chi connectivity index (χ0v) is 14.4. The van der Waals surface area contributed by atoms with Gasteiger partial charge >= 0.3 is 0 Å². The largest absolute Gasteiger partial charge is 0.192 e. The van der Waals surface area contributed by atoms with Crippen molar-refractivity contribution in [3.05, 3.63) is 120 Å². The Bertz CT molecular complexity index is 811. The molecule has 3 nitrogen and oxygen atoms in total. The lowest BCUT2D eigenvalue weighted by molar-refractivity contribution is 0.839. The standard InChI is InChI=1S/C21H17N3S/c1-4-10-18(11-5-1)21(19-12-6-2-7-13-19,20-14-8-3-9-15-20)25-24-17-16-22-23-24/h1-17H. The van der Waals surface area contributed by atoms with Crippen molar-refractivity contribution in [1.82, 2.24) is 14.4 Å². The number of rotatable bonds is 5. The Morgan fingerprint density at radius 3 is 1.44 bits per heavy atom. The first-order valence-corrected chi connectivity index (χ1v) is 8.89. The summed E-state index contributed by atoms with van der Waals surface area (Å²) in [5.41, 5.74) is 3.61. The minimum Gasteiger partial charge on any atom is -0.192 e. The van der Waals surface area contributed by atoms with Crippen LogP contribution in [0.5, 0.6) is 0 Å². The lowest BCUT2D eigenvalue weighted by atomic mass is 9.84. The number of benzene rings is 3. The lowest BCUT2D eigenvalue weighted by Gasteiger charge is -2.34. The van der Waals surface area contributed by atoms with E-state index in [0.29, 0.717) is 0 Å². The number of nitrogens with zero attached hydrogens (tertiary/aromatic N) is 3. The molecule has 4 aromatic rings. The molecule has 0 amide bonds. The fourth-order valence-electron chi connectivity index (χ4n) is 3.06. The third-order valence-corrected chi connectivity index (χ3v) is 5.53. The highest BCUT2D eigenvalue weighted by Gasteiger charge is 2.38. The molecule has 0 saturated heterocycles. The van der Waals surface area contributed by atoms with Gasteiger partial charge in [0, 0.05) is 0 Å². The molecule has 0 fully saturated rings. The van der Waals surface area contributed by atoms with E-state index < -0.39 is 4.75 Å². The molecule has 0 atom stereocenters. The molecule has 25 heavy (non-hydrogen) atoms. The molecule has 0 bridgehead atoms. The molecule has 0 spiro atoms. The van der Waals surface area contributed by atoms with Crippen LogP contribution < -0.4 is 0 Å². The average molecular weight is 343 g/mol. The molecule has 0 radical (unpaired) electrons. The molecular weight excluding hydrogens is 326 g/mol. The molecular formula is C21H17N3S. The van der Waals surface area contributed by atoms with Gasteiger partial charge in [0.25, 0.3) is 0 Å². The summed E-state index contributed by atoms with van der Waals surface area (Å²) in [4.78, 5) is 0. The van der Waals surface area contributed by atoms with Gasteiger partial charge in [0.15, 0.2) is 0 Å². The minimum absolute atomic E-state index is 0.419. The van der Waals surface area contributed by atoms with E-state index in [4.69, 9.17) is 0 Å². The Morgan fingerprint density at radius 2 is 1.08 bits per heavy atom. The first-order valence-electron chi connectivity index (χ1n) is 8.12. The summed E-state index contributed by atoms with van der Waals surface area (Å²) < 4.78 is 1.41. The van der Waals surface area contributed by atoms with Gasteiger partial charge in [0.05, 0.1) is 12.4 Å². The van der Waals surface area contributed by atoms with E-state index in [-0.39, 0.29) is 0 Å². The second-order valence-corrected chi connectivity index (χ2v) is 6.85. The Labute approximate surface area is 151 Å². The van der Waals surface area contributed by atoms with Crippen LogP contribution in [0.15, 0.2) is 103 Å². The van der Waals surface area contributed by atoms with Crippen LogP contribution in [0.1, 0.15) is 16.7 Å². The molecule has 1 heterocycles. The van der Waals surface area contributed by atoms with Crippen LogP contribution in [0.3, 0.4) is 0 Å². The maximum absolute atomic E-state index is 4.21. The van der Waals surface area contributed by atoms with Crippen molar-refractivity contribution < 1.29 is 0 Å². The van der Waals surface area contributed by atoms with Crippen LogP contribution in [0.25, 0.3) is 0 Å². The van der Waals surface area contributed by atoms with Crippen molar-refractivity contribution >= 4 is 11.9 Å². The molecule has 0 aliphatic heterocycles. The van der Waals surface area contributed by atoms with Crippen molar-refractivity contribution in [1.29, 1.82) is 0 Å². The lowest BCUT2D eigenvalue weighted by Crippen LogP contribution is -2.27. The molecule has 0 saturated carbocycles. The average Bonchev–Trinajstić information content (AvgIpc) is 3.21. The Balaban J connectivity index is 2.01. The van der Waals surface area contributed by atoms with E-state index in [1.54, 1.807) is 18.1 Å². The van der Waals surface area contributed by atoms with Gasteiger partial charge in [-0.05, 0) is 28.6 Å². The molecule has 4 heteroatoms. The second-order valence-electron chi connectivity index (χ2n) is 5.68. The first-order chi connectivity index (χ1) is 12.4. The molecule has 4 rings (SSSR count). The van der Waals surface area contributed by atoms with Gasteiger partial charge in [-0.1, -0.05) is 96.2 Å². The van der Waals surface area contributed by atoms with Crippen molar-refractivity contribution in [2.45, 2.75) is 4.75 Å². The zero-order valence-electron chi connectivity index (χ0n) is 13.6. The highest BCUT2D eigenvalue weighted by Crippen LogP contribution is 2.48. The molecule has 0 aliphatic rings. The highest BCUT2D eigenvalue weighted by atomic mass is 32.2. The Morgan fingerprint density at radius 1 is 0.640 bits per heavy atom. The SMILES string of the molecule is c1ccc(C(Sn2ccnn2)(c2ccccc2)c2ccccc2)cc1. The summed E-state index contributed by atoms with van der Waals surface area (Å²) in [7, 11) is 0. The minimum atomic E-state index is -0.419. The monoisotopic (exact) mass is 343 g/mol. The zero-order chi connectivity index (χ0) is 17.0. The number of hydrogen-bond donors (Lipinski definition) is 0. The van der Waals surface area contributed by atoms with Crippen molar-refractivity contribution in [2.24, 2.45) is 0 Å². The summed E-state index contributed by atoms with van der Waals surface area (Å²) >= 11 is 1.65. The quantitative estimate of drug-likeness (QED) is 0.489. The maximum atomic E-state index is 4.21. The maximum Gasteiger partial charge on any atom is 0.113 e. The molecule has 1 aromatic heterocycles. The number of aromatic nitrogens is 3. The van der Waals surface area contributed by atoms with Crippen LogP contribution in [-0.4, -0.2) is 14.4 Å². The van der Waals surface area contributed by atoms with Crippen molar-refractivity contribution in [2.75, 3.05) is 0 Å². The normalized spacial score (nSPS) is 11.4. The fraction of sp³-hybridized carbons (Fsp3) is 0.0476. The van der Waals surface area contributed by atoms with Gasteiger partial charge in [-0.25, -0.2) is 0 Å². The number of hydrogen-bond acceptors (Lipinski definition) is 3. The predicted octanol–water partition coefficient (Wildman–Crippen LogP) is 4.77. The second kappa shape index (κ2) is 6.95. The summed E-state index contributed by atoms with van der Waals surface area (Å²) in [5.74, 6) is 0. The van der Waals surface area contributed by atoms with Crippen LogP contribution in [0, 0.1) is 0 Å². The van der Waals surface area contributed by atoms with E-state index in [0.717, 1.165) is 0 Å². The van der Waals surface area contributed by atoms with Gasteiger partial charge in [0.1, 0.15) is 4.75 Å². The molecule has 0 unspecified atom stereocenters. The summed E-state index contributed by atoms with van der Waals surface area (Å²) in [5, 5.41) is 8.19. The topological polar surface area (TPSA) is 30.7 Å². The van der Waals surface area contributed by atoms with E-state index in [9.17, 15) is 0 Å². The molecule has 122 valence electrons. The van der Waals surface area contributed by atoms with Gasteiger partial charge in [-0.15, -0.1) is 5.10 Å². The van der Waals surface area contributed by atoms with Crippen LogP contribution in [0.4, 0.5) is 0 Å². The van der Waals surface area contributed by atoms with Crippen molar-refractivity contribution in [3.63, 3.8) is 0 Å². The van der Waals surface area contributed by atoms with E-state index in [2.05, 4.69) is 83.1 Å². The Kier molecular flexibility index (Phi) is 4.36. The van der Waals surface area contributed by atoms with Crippen molar-refractivity contribution in [3.8, 4) is 0 Å². The summed E-state index contributed by atoms with van der Waals surface area (Å²) in [6.07, 6.45) is 3.59. The summed E-state index contributed by atoms with van der Waals surface area (Å²) in [6.45, 7) is 0. The first kappa shape index (κ1) is 15.7. The molecule has 3 aromatic carbocycles. The molecule has 0 aliphatic carbocycles.